The van der Waals surface area contributed by atoms with Crippen LogP contribution in [0, 0.1) is 5.92 Å². The van der Waals surface area contributed by atoms with E-state index in [2.05, 4.69) is 16.9 Å². The van der Waals surface area contributed by atoms with E-state index in [1.54, 1.807) is 6.07 Å². The van der Waals surface area contributed by atoms with Crippen LogP contribution in [0.1, 0.15) is 32.6 Å². The number of nitrogens with zero attached hydrogens (tertiary/aromatic N) is 3. The van der Waals surface area contributed by atoms with Crippen LogP contribution in [0.15, 0.2) is 17.1 Å². The highest BCUT2D eigenvalue weighted by Gasteiger charge is 2.17. The summed E-state index contributed by atoms with van der Waals surface area (Å²) in [6, 6.07) is 1.72. The number of hydrogen-bond donors (Lipinski definition) is 1. The highest BCUT2D eigenvalue weighted by Crippen LogP contribution is 2.20. The normalized spacial score (nSPS) is 19.7. The van der Waals surface area contributed by atoms with Gasteiger partial charge in [0.2, 0.25) is 0 Å². The molecule has 0 amide bonds. The molecule has 1 aromatic heterocycles. The van der Waals surface area contributed by atoms with Gasteiger partial charge in [0.25, 0.3) is 5.56 Å². The standard InChI is InChI=1S/C14H24N4O/c1-12-5-4-7-17(11-12)13-9-14(19)18(16-10-13)8-3-2-6-15/h9-10,12H,2-8,11,15H2,1H3. The van der Waals surface area contributed by atoms with Crippen LogP contribution in [-0.4, -0.2) is 29.4 Å². The predicted molar refractivity (Wildman–Crippen MR) is 77.4 cm³/mol. The first kappa shape index (κ1) is 14.1. The summed E-state index contributed by atoms with van der Waals surface area (Å²) in [5.74, 6) is 0.695. The second-order valence-corrected chi connectivity index (χ2v) is 5.46. The van der Waals surface area contributed by atoms with E-state index < -0.39 is 0 Å². The van der Waals surface area contributed by atoms with Crippen molar-refractivity contribution in [2.24, 2.45) is 11.7 Å². The molecule has 2 heterocycles. The molecule has 1 aliphatic heterocycles. The van der Waals surface area contributed by atoms with Crippen molar-refractivity contribution in [2.75, 3.05) is 24.5 Å². The van der Waals surface area contributed by atoms with Gasteiger partial charge >= 0.3 is 0 Å². The van der Waals surface area contributed by atoms with Gasteiger partial charge in [-0.05, 0) is 38.1 Å². The van der Waals surface area contributed by atoms with E-state index in [1.807, 2.05) is 6.20 Å². The maximum Gasteiger partial charge on any atom is 0.268 e. The van der Waals surface area contributed by atoms with Gasteiger partial charge in [0.1, 0.15) is 0 Å². The molecule has 2 N–H and O–H groups in total. The van der Waals surface area contributed by atoms with E-state index in [9.17, 15) is 4.79 Å². The average molecular weight is 264 g/mol. The van der Waals surface area contributed by atoms with Crippen molar-refractivity contribution < 1.29 is 0 Å². The van der Waals surface area contributed by atoms with Crippen molar-refractivity contribution in [2.45, 2.75) is 39.2 Å². The first-order valence-corrected chi connectivity index (χ1v) is 7.23. The second kappa shape index (κ2) is 6.70. The Morgan fingerprint density at radius 1 is 1.47 bits per heavy atom. The number of aromatic nitrogens is 2. The summed E-state index contributed by atoms with van der Waals surface area (Å²) in [4.78, 5) is 14.3. The molecule has 0 spiro atoms. The molecule has 0 aliphatic carbocycles. The fourth-order valence-electron chi connectivity index (χ4n) is 2.59. The molecule has 1 aliphatic rings. The topological polar surface area (TPSA) is 64.2 Å². The Hall–Kier alpha value is -1.36. The molecule has 1 fully saturated rings. The Balaban J connectivity index is 2.03. The molecule has 1 aromatic rings. The summed E-state index contributed by atoms with van der Waals surface area (Å²) in [6.45, 7) is 5.64. The third kappa shape index (κ3) is 3.80. The first-order valence-electron chi connectivity index (χ1n) is 7.23. The molecule has 19 heavy (non-hydrogen) atoms. The summed E-state index contributed by atoms with van der Waals surface area (Å²) < 4.78 is 1.53. The zero-order valence-corrected chi connectivity index (χ0v) is 11.7. The van der Waals surface area contributed by atoms with Gasteiger partial charge in [-0.1, -0.05) is 6.92 Å². The maximum absolute atomic E-state index is 12.0. The predicted octanol–water partition coefficient (Wildman–Crippen LogP) is 1.22. The minimum atomic E-state index is -0.00671. The minimum absolute atomic E-state index is 0.00671. The van der Waals surface area contributed by atoms with Crippen LogP contribution in [0.4, 0.5) is 5.69 Å². The summed E-state index contributed by atoms with van der Waals surface area (Å²) >= 11 is 0. The van der Waals surface area contributed by atoms with Crippen molar-refractivity contribution in [3.8, 4) is 0 Å². The Morgan fingerprint density at radius 2 is 2.32 bits per heavy atom. The fourth-order valence-corrected chi connectivity index (χ4v) is 2.59. The molecule has 5 heteroatoms. The third-order valence-corrected chi connectivity index (χ3v) is 3.70. The molecule has 1 atom stereocenters. The Kier molecular flexibility index (Phi) is 4.96. The minimum Gasteiger partial charge on any atom is -0.370 e. The molecule has 2 rings (SSSR count). The number of unbranched alkanes of at least 4 members (excludes halogenated alkanes) is 1. The van der Waals surface area contributed by atoms with Crippen LogP contribution in [0.5, 0.6) is 0 Å². The van der Waals surface area contributed by atoms with Crippen LogP contribution >= 0.6 is 0 Å². The Bertz CT molecular complexity index is 457. The molecule has 1 unspecified atom stereocenters. The van der Waals surface area contributed by atoms with Gasteiger partial charge < -0.3 is 10.6 Å². The lowest BCUT2D eigenvalue weighted by atomic mass is 10.00. The summed E-state index contributed by atoms with van der Waals surface area (Å²) in [7, 11) is 0. The van der Waals surface area contributed by atoms with Crippen LogP contribution < -0.4 is 16.2 Å². The quantitative estimate of drug-likeness (QED) is 0.812. The third-order valence-electron chi connectivity index (χ3n) is 3.70. The Morgan fingerprint density at radius 3 is 3.00 bits per heavy atom. The van der Waals surface area contributed by atoms with Crippen molar-refractivity contribution >= 4 is 5.69 Å². The molecule has 0 saturated carbocycles. The lowest BCUT2D eigenvalue weighted by Crippen LogP contribution is -2.35. The molecule has 0 bridgehead atoms. The number of anilines is 1. The monoisotopic (exact) mass is 264 g/mol. The summed E-state index contributed by atoms with van der Waals surface area (Å²) in [5, 5.41) is 4.27. The van der Waals surface area contributed by atoms with Crippen molar-refractivity contribution in [3.05, 3.63) is 22.6 Å². The number of piperidine rings is 1. The summed E-state index contributed by atoms with van der Waals surface area (Å²) in [5.41, 5.74) is 6.41. The SMILES string of the molecule is CC1CCCN(c2cnn(CCCCN)c(=O)c2)C1. The number of hydrogen-bond acceptors (Lipinski definition) is 4. The smallest absolute Gasteiger partial charge is 0.268 e. The first-order chi connectivity index (χ1) is 9.20. The molecule has 106 valence electrons. The number of nitrogens with two attached hydrogens (primary N) is 1. The molecule has 5 nitrogen and oxygen atoms in total. The zero-order valence-electron chi connectivity index (χ0n) is 11.7. The zero-order chi connectivity index (χ0) is 13.7. The van der Waals surface area contributed by atoms with E-state index in [0.717, 1.165) is 31.6 Å². The van der Waals surface area contributed by atoms with Crippen LogP contribution in [-0.2, 0) is 6.54 Å². The van der Waals surface area contributed by atoms with Gasteiger partial charge in [-0.25, -0.2) is 4.68 Å². The van der Waals surface area contributed by atoms with Crippen LogP contribution in [0.25, 0.3) is 0 Å². The number of rotatable bonds is 5. The van der Waals surface area contributed by atoms with Gasteiger partial charge in [-0.2, -0.15) is 5.10 Å². The molecule has 0 radical (unpaired) electrons. The summed E-state index contributed by atoms with van der Waals surface area (Å²) in [6.07, 6.45) is 6.13. The van der Waals surface area contributed by atoms with Crippen molar-refractivity contribution in [1.82, 2.24) is 9.78 Å². The molecule has 0 aromatic carbocycles. The van der Waals surface area contributed by atoms with E-state index >= 15 is 0 Å². The second-order valence-electron chi connectivity index (χ2n) is 5.46. The van der Waals surface area contributed by atoms with Crippen LogP contribution in [0.2, 0.25) is 0 Å². The fraction of sp³-hybridized carbons (Fsp3) is 0.714. The van der Waals surface area contributed by atoms with E-state index in [1.165, 1.54) is 17.5 Å². The molecular formula is C14H24N4O. The number of aryl methyl sites for hydroxylation is 1. The van der Waals surface area contributed by atoms with Crippen LogP contribution in [0.3, 0.4) is 0 Å². The Labute approximate surface area is 114 Å². The largest absolute Gasteiger partial charge is 0.370 e. The van der Waals surface area contributed by atoms with Gasteiger partial charge in [-0.3, -0.25) is 4.79 Å². The average Bonchev–Trinajstić information content (AvgIpc) is 2.41. The highest BCUT2D eigenvalue weighted by molar-refractivity contribution is 5.43. The van der Waals surface area contributed by atoms with E-state index in [0.29, 0.717) is 19.0 Å². The molecule has 1 saturated heterocycles. The van der Waals surface area contributed by atoms with Gasteiger partial charge in [-0.15, -0.1) is 0 Å². The van der Waals surface area contributed by atoms with Crippen molar-refractivity contribution in [1.29, 1.82) is 0 Å². The van der Waals surface area contributed by atoms with Gasteiger partial charge in [0.15, 0.2) is 0 Å². The molecular weight excluding hydrogens is 240 g/mol. The van der Waals surface area contributed by atoms with Crippen molar-refractivity contribution in [3.63, 3.8) is 0 Å². The van der Waals surface area contributed by atoms with E-state index in [4.69, 9.17) is 5.73 Å². The lowest BCUT2D eigenvalue weighted by Gasteiger charge is -2.32. The lowest BCUT2D eigenvalue weighted by molar-refractivity contribution is 0.445. The maximum atomic E-state index is 12.0. The van der Waals surface area contributed by atoms with E-state index in [-0.39, 0.29) is 5.56 Å². The van der Waals surface area contributed by atoms with Gasteiger partial charge in [0, 0.05) is 25.7 Å². The van der Waals surface area contributed by atoms with Gasteiger partial charge in [0.05, 0.1) is 11.9 Å². The highest BCUT2D eigenvalue weighted by atomic mass is 16.1.